The number of ether oxygens (including phenoxy) is 1. The number of amides is 1. The SMILES string of the molecule is O=C(NS(=O)(=O)c1ccccc1)c1ccc(-n2ccc(O[C@H]3C[C@@H]3C(F)(F)F)n2)nc1Cl. The number of hydrogen-bond donors (Lipinski definition) is 1. The number of alkyl halides is 3. The Morgan fingerprint density at radius 3 is 2.50 bits per heavy atom. The zero-order valence-corrected chi connectivity index (χ0v) is 17.5. The third kappa shape index (κ3) is 4.70. The Hall–Kier alpha value is -3.12. The molecule has 0 saturated heterocycles. The van der Waals surface area contributed by atoms with Gasteiger partial charge in [0.05, 0.1) is 16.4 Å². The molecule has 0 unspecified atom stereocenters. The number of halogens is 4. The Kier molecular flexibility index (Phi) is 5.59. The lowest BCUT2D eigenvalue weighted by atomic mass is 10.3. The third-order valence-corrected chi connectivity index (χ3v) is 6.22. The number of carbonyl (C=O) groups is 1. The second-order valence-electron chi connectivity index (χ2n) is 6.89. The number of aromatic nitrogens is 3. The second kappa shape index (κ2) is 8.10. The summed E-state index contributed by atoms with van der Waals surface area (Å²) in [5.41, 5.74) is -0.190. The highest BCUT2D eigenvalue weighted by Crippen LogP contribution is 2.46. The molecule has 0 bridgehead atoms. The number of rotatable bonds is 6. The van der Waals surface area contributed by atoms with E-state index in [9.17, 15) is 26.4 Å². The molecule has 3 aromatic rings. The van der Waals surface area contributed by atoms with Gasteiger partial charge in [-0.3, -0.25) is 4.79 Å². The van der Waals surface area contributed by atoms with E-state index in [2.05, 4.69) is 10.1 Å². The first-order valence-electron chi connectivity index (χ1n) is 9.13. The summed E-state index contributed by atoms with van der Waals surface area (Å²) in [5.74, 6) is -2.36. The van der Waals surface area contributed by atoms with Gasteiger partial charge in [-0.2, -0.15) is 13.2 Å². The van der Waals surface area contributed by atoms with Gasteiger partial charge in [-0.15, -0.1) is 5.10 Å². The summed E-state index contributed by atoms with van der Waals surface area (Å²) < 4.78 is 70.8. The fourth-order valence-electron chi connectivity index (χ4n) is 2.86. The highest BCUT2D eigenvalue weighted by molar-refractivity contribution is 7.90. The molecule has 1 aliphatic carbocycles. The minimum absolute atomic E-state index is 0.0181. The fraction of sp³-hybridized carbons (Fsp3) is 0.211. The van der Waals surface area contributed by atoms with E-state index in [0.717, 1.165) is 0 Å². The zero-order valence-electron chi connectivity index (χ0n) is 16.0. The molecule has 1 amide bonds. The van der Waals surface area contributed by atoms with Gasteiger partial charge in [0.25, 0.3) is 15.9 Å². The maximum absolute atomic E-state index is 12.6. The number of nitrogens with one attached hydrogen (secondary N) is 1. The molecule has 4 rings (SSSR count). The van der Waals surface area contributed by atoms with Gasteiger partial charge in [-0.25, -0.2) is 22.8 Å². The predicted molar refractivity (Wildman–Crippen MR) is 106 cm³/mol. The van der Waals surface area contributed by atoms with E-state index in [1.54, 1.807) is 6.07 Å². The van der Waals surface area contributed by atoms with Gasteiger partial charge in [-0.05, 0) is 30.7 Å². The monoisotopic (exact) mass is 486 g/mol. The van der Waals surface area contributed by atoms with Crippen molar-refractivity contribution in [2.24, 2.45) is 5.92 Å². The minimum Gasteiger partial charge on any atom is -0.473 e. The molecule has 1 aromatic carbocycles. The Morgan fingerprint density at radius 1 is 1.16 bits per heavy atom. The van der Waals surface area contributed by atoms with Gasteiger partial charge in [0.15, 0.2) is 5.82 Å². The molecule has 2 heterocycles. The number of sulfonamides is 1. The van der Waals surface area contributed by atoms with Crippen LogP contribution in [0.3, 0.4) is 0 Å². The first kappa shape index (κ1) is 22.1. The van der Waals surface area contributed by atoms with Crippen molar-refractivity contribution in [3.05, 3.63) is 65.4 Å². The first-order valence-corrected chi connectivity index (χ1v) is 11.0. The van der Waals surface area contributed by atoms with Crippen molar-refractivity contribution in [1.82, 2.24) is 19.5 Å². The zero-order chi connectivity index (χ0) is 23.1. The molecule has 1 aliphatic rings. The fourth-order valence-corrected chi connectivity index (χ4v) is 4.08. The van der Waals surface area contributed by atoms with Crippen LogP contribution in [0.5, 0.6) is 5.88 Å². The third-order valence-electron chi connectivity index (χ3n) is 4.58. The molecule has 13 heteroatoms. The van der Waals surface area contributed by atoms with Crippen molar-refractivity contribution in [1.29, 1.82) is 0 Å². The number of hydrogen-bond acceptors (Lipinski definition) is 6. The highest BCUT2D eigenvalue weighted by Gasteiger charge is 2.58. The van der Waals surface area contributed by atoms with E-state index >= 15 is 0 Å². The molecule has 1 fully saturated rings. The van der Waals surface area contributed by atoms with Crippen LogP contribution in [0.15, 0.2) is 59.6 Å². The minimum atomic E-state index is -4.31. The van der Waals surface area contributed by atoms with Gasteiger partial charge < -0.3 is 4.74 Å². The molecule has 0 aliphatic heterocycles. The first-order chi connectivity index (χ1) is 15.0. The van der Waals surface area contributed by atoms with Crippen molar-refractivity contribution in [3.63, 3.8) is 0 Å². The summed E-state index contributed by atoms with van der Waals surface area (Å²) in [5, 5.41) is 3.71. The lowest BCUT2D eigenvalue weighted by Crippen LogP contribution is -2.31. The summed E-state index contributed by atoms with van der Waals surface area (Å²) in [4.78, 5) is 16.3. The van der Waals surface area contributed by atoms with Gasteiger partial charge in [0, 0.05) is 12.3 Å². The molecule has 32 heavy (non-hydrogen) atoms. The number of pyridine rings is 1. The predicted octanol–water partition coefficient (Wildman–Crippen LogP) is 3.37. The molecular weight excluding hydrogens is 473 g/mol. The molecule has 0 spiro atoms. The topological polar surface area (TPSA) is 103 Å². The highest BCUT2D eigenvalue weighted by atomic mass is 35.5. The van der Waals surface area contributed by atoms with Crippen LogP contribution in [-0.2, 0) is 10.0 Å². The van der Waals surface area contributed by atoms with Crippen LogP contribution in [0.2, 0.25) is 5.15 Å². The summed E-state index contributed by atoms with van der Waals surface area (Å²) in [6.45, 7) is 0. The van der Waals surface area contributed by atoms with E-state index in [1.807, 2.05) is 4.72 Å². The second-order valence-corrected chi connectivity index (χ2v) is 8.93. The van der Waals surface area contributed by atoms with E-state index in [0.29, 0.717) is 0 Å². The van der Waals surface area contributed by atoms with E-state index < -0.39 is 34.1 Å². The molecule has 2 aromatic heterocycles. The molecule has 8 nitrogen and oxygen atoms in total. The summed E-state index contributed by atoms with van der Waals surface area (Å²) in [6, 6.07) is 11.3. The molecule has 168 valence electrons. The standard InChI is InChI=1S/C19H14ClF3N4O4S/c20-17-12(18(28)26-32(29,30)11-4-2-1-3-5-11)6-7-15(24-17)27-9-8-16(25-27)31-14-10-13(14)19(21,22)23/h1-9,13-14H,10H2,(H,26,28)/t13-,14-/m0/s1. The van der Waals surface area contributed by atoms with Crippen LogP contribution in [0.25, 0.3) is 5.82 Å². The number of benzene rings is 1. The molecule has 1 N–H and O–H groups in total. The van der Waals surface area contributed by atoms with E-state index in [1.165, 1.54) is 53.3 Å². The van der Waals surface area contributed by atoms with Gasteiger partial charge in [-0.1, -0.05) is 29.8 Å². The Morgan fingerprint density at radius 2 is 1.88 bits per heavy atom. The van der Waals surface area contributed by atoms with Crippen molar-refractivity contribution in [2.45, 2.75) is 23.6 Å². The maximum atomic E-state index is 12.6. The largest absolute Gasteiger partial charge is 0.473 e. The average molecular weight is 487 g/mol. The van der Waals surface area contributed by atoms with Gasteiger partial charge >= 0.3 is 6.18 Å². The van der Waals surface area contributed by atoms with Crippen LogP contribution in [0.1, 0.15) is 16.8 Å². The Balaban J connectivity index is 1.46. The van der Waals surface area contributed by atoms with Crippen molar-refractivity contribution in [2.75, 3.05) is 0 Å². The molecule has 0 radical (unpaired) electrons. The Bertz CT molecular complexity index is 1270. The molecule has 1 saturated carbocycles. The summed E-state index contributed by atoms with van der Waals surface area (Å²) in [6.07, 6.45) is -4.02. The molecule has 2 atom stereocenters. The Labute approximate surface area is 185 Å². The van der Waals surface area contributed by atoms with Crippen LogP contribution in [0.4, 0.5) is 13.2 Å². The van der Waals surface area contributed by atoms with Crippen LogP contribution in [-0.4, -0.2) is 41.4 Å². The quantitative estimate of drug-likeness (QED) is 0.536. The van der Waals surface area contributed by atoms with E-state index in [4.69, 9.17) is 16.3 Å². The van der Waals surface area contributed by atoms with Gasteiger partial charge in [0.1, 0.15) is 11.3 Å². The van der Waals surface area contributed by atoms with Crippen molar-refractivity contribution >= 4 is 27.5 Å². The van der Waals surface area contributed by atoms with E-state index in [-0.39, 0.29) is 33.7 Å². The maximum Gasteiger partial charge on any atom is 0.395 e. The van der Waals surface area contributed by atoms with Crippen LogP contribution in [0, 0.1) is 5.92 Å². The van der Waals surface area contributed by atoms with Crippen LogP contribution >= 0.6 is 11.6 Å². The van der Waals surface area contributed by atoms with Crippen molar-refractivity contribution < 1.29 is 31.1 Å². The number of nitrogens with zero attached hydrogens (tertiary/aromatic N) is 3. The number of carbonyl (C=O) groups excluding carboxylic acids is 1. The lowest BCUT2D eigenvalue weighted by Gasteiger charge is -2.09. The van der Waals surface area contributed by atoms with Crippen LogP contribution < -0.4 is 9.46 Å². The lowest BCUT2D eigenvalue weighted by molar-refractivity contribution is -0.153. The summed E-state index contributed by atoms with van der Waals surface area (Å²) >= 11 is 6.06. The molecular formula is C19H14ClF3N4O4S. The van der Waals surface area contributed by atoms with Gasteiger partial charge in [0.2, 0.25) is 5.88 Å². The van der Waals surface area contributed by atoms with Crippen molar-refractivity contribution in [3.8, 4) is 11.7 Å². The smallest absolute Gasteiger partial charge is 0.395 e. The summed E-state index contributed by atoms with van der Waals surface area (Å²) in [7, 11) is -4.10. The average Bonchev–Trinajstić information content (AvgIpc) is 3.36. The normalized spacial score (nSPS) is 18.2.